The van der Waals surface area contributed by atoms with Crippen molar-refractivity contribution in [3.8, 4) is 0 Å². The van der Waals surface area contributed by atoms with Crippen molar-refractivity contribution < 1.29 is 13.2 Å². The number of hydrogen-bond acceptors (Lipinski definition) is 6. The Bertz CT molecular complexity index is 969. The van der Waals surface area contributed by atoms with Crippen LogP contribution in [0.2, 0.25) is 0 Å². The molecule has 2 heterocycles. The van der Waals surface area contributed by atoms with E-state index in [2.05, 4.69) is 21.7 Å². The average Bonchev–Trinajstić information content (AvgIpc) is 3.16. The summed E-state index contributed by atoms with van der Waals surface area (Å²) in [5.74, 6) is 0.246. The molecular weight excluding hydrogens is 406 g/mol. The van der Waals surface area contributed by atoms with Crippen LogP contribution in [0, 0.1) is 6.92 Å². The Morgan fingerprint density at radius 3 is 2.90 bits per heavy atom. The van der Waals surface area contributed by atoms with Crippen molar-refractivity contribution in [3.05, 3.63) is 41.0 Å². The molecule has 4 rings (SSSR count). The molecule has 2 N–H and O–H groups in total. The summed E-state index contributed by atoms with van der Waals surface area (Å²) < 4.78 is 23.4. The number of carbonyl (C=O) groups excluding carboxylic acids is 1. The van der Waals surface area contributed by atoms with Gasteiger partial charge in [0.1, 0.15) is 0 Å². The van der Waals surface area contributed by atoms with Gasteiger partial charge >= 0.3 is 0 Å². The second-order valence-electron chi connectivity index (χ2n) is 8.00. The molecule has 0 aromatic heterocycles. The van der Waals surface area contributed by atoms with Gasteiger partial charge in [-0.2, -0.15) is 0 Å². The molecule has 2 atom stereocenters. The fourth-order valence-corrected chi connectivity index (χ4v) is 7.67. The third kappa shape index (κ3) is 5.04. The highest BCUT2D eigenvalue weighted by Crippen LogP contribution is 2.35. The number of amidine groups is 1. The highest BCUT2D eigenvalue weighted by atomic mass is 32.2. The average molecular weight is 434 g/mol. The molecule has 1 aromatic carbocycles. The van der Waals surface area contributed by atoms with Crippen LogP contribution in [0.25, 0.3) is 0 Å². The summed E-state index contributed by atoms with van der Waals surface area (Å²) in [7, 11) is -2.96. The molecule has 0 radical (unpaired) electrons. The van der Waals surface area contributed by atoms with Gasteiger partial charge in [-0.3, -0.25) is 9.79 Å². The molecule has 1 saturated heterocycles. The van der Waals surface area contributed by atoms with Gasteiger partial charge in [-0.1, -0.05) is 29.5 Å². The molecule has 1 amide bonds. The molecule has 8 heteroatoms. The number of thioether (sulfide) groups is 1. The van der Waals surface area contributed by atoms with E-state index in [1.807, 2.05) is 25.1 Å². The van der Waals surface area contributed by atoms with E-state index >= 15 is 0 Å². The van der Waals surface area contributed by atoms with Gasteiger partial charge in [0.2, 0.25) is 0 Å². The van der Waals surface area contributed by atoms with Crippen LogP contribution in [-0.4, -0.2) is 48.8 Å². The number of anilines is 1. The smallest absolute Gasteiger partial charge is 0.251 e. The Kier molecular flexibility index (Phi) is 6.01. The quantitative estimate of drug-likeness (QED) is 0.696. The Hall–Kier alpha value is -1.80. The summed E-state index contributed by atoms with van der Waals surface area (Å²) in [4.78, 5) is 17.1. The molecule has 29 heavy (non-hydrogen) atoms. The fourth-order valence-electron chi connectivity index (χ4n) is 4.00. The zero-order valence-electron chi connectivity index (χ0n) is 16.6. The van der Waals surface area contributed by atoms with Crippen molar-refractivity contribution >= 4 is 38.4 Å². The lowest BCUT2D eigenvalue weighted by molar-refractivity contribution is 0.0954. The van der Waals surface area contributed by atoms with Crippen molar-refractivity contribution in [1.29, 1.82) is 0 Å². The van der Waals surface area contributed by atoms with E-state index in [-0.39, 0.29) is 28.7 Å². The zero-order chi connectivity index (χ0) is 20.4. The predicted molar refractivity (Wildman–Crippen MR) is 120 cm³/mol. The lowest BCUT2D eigenvalue weighted by Crippen LogP contribution is -2.25. The van der Waals surface area contributed by atoms with Crippen LogP contribution in [0.15, 0.2) is 34.8 Å². The van der Waals surface area contributed by atoms with E-state index in [9.17, 15) is 13.2 Å². The first kappa shape index (κ1) is 20.5. The topological polar surface area (TPSA) is 87.6 Å². The van der Waals surface area contributed by atoms with Crippen molar-refractivity contribution in [3.63, 3.8) is 0 Å². The molecule has 6 nitrogen and oxygen atoms in total. The van der Waals surface area contributed by atoms with E-state index < -0.39 is 9.84 Å². The Morgan fingerprint density at radius 2 is 2.14 bits per heavy atom. The summed E-state index contributed by atoms with van der Waals surface area (Å²) >= 11 is 1.48. The molecule has 1 aromatic rings. The van der Waals surface area contributed by atoms with E-state index in [0.29, 0.717) is 12.1 Å². The minimum Gasteiger partial charge on any atom is -0.352 e. The maximum absolute atomic E-state index is 12.6. The lowest BCUT2D eigenvalue weighted by atomic mass is 9.97. The maximum atomic E-state index is 12.6. The Balaban J connectivity index is 1.36. The van der Waals surface area contributed by atoms with Gasteiger partial charge in [0.05, 0.1) is 17.5 Å². The number of sulfone groups is 1. The van der Waals surface area contributed by atoms with Crippen LogP contribution in [0.5, 0.6) is 0 Å². The molecule has 0 spiro atoms. The number of rotatable bonds is 5. The third-order valence-electron chi connectivity index (χ3n) is 5.68. The van der Waals surface area contributed by atoms with Gasteiger partial charge < -0.3 is 10.6 Å². The van der Waals surface area contributed by atoms with Gasteiger partial charge in [0.15, 0.2) is 15.0 Å². The first-order valence-electron chi connectivity index (χ1n) is 10.2. The second kappa shape index (κ2) is 8.52. The molecule has 3 aliphatic rings. The van der Waals surface area contributed by atoms with E-state index in [1.54, 1.807) is 0 Å². The van der Waals surface area contributed by atoms with Crippen LogP contribution in [0.4, 0.5) is 5.69 Å². The SMILES string of the molecule is Cc1ccc(C(=O)NCCC2=CCCCC2)cc1NC1=N[C@H]2CS(=O)(=O)C[C@H]2S1. The highest BCUT2D eigenvalue weighted by Gasteiger charge is 2.42. The minimum atomic E-state index is -2.96. The maximum Gasteiger partial charge on any atom is 0.251 e. The first-order valence-corrected chi connectivity index (χ1v) is 12.9. The van der Waals surface area contributed by atoms with Crippen LogP contribution >= 0.6 is 11.8 Å². The fraction of sp³-hybridized carbons (Fsp3) is 0.524. The summed E-state index contributed by atoms with van der Waals surface area (Å²) in [5.41, 5.74) is 3.91. The number of aliphatic imine (C=N–C) groups is 1. The van der Waals surface area contributed by atoms with Crippen LogP contribution in [-0.2, 0) is 9.84 Å². The summed E-state index contributed by atoms with van der Waals surface area (Å²) in [5, 5.41) is 7.05. The molecule has 156 valence electrons. The normalized spacial score (nSPS) is 25.1. The van der Waals surface area contributed by atoms with Gasteiger partial charge in [-0.15, -0.1) is 0 Å². The highest BCUT2D eigenvalue weighted by molar-refractivity contribution is 8.15. The summed E-state index contributed by atoms with van der Waals surface area (Å²) in [6.07, 6.45) is 8.06. The first-order chi connectivity index (χ1) is 13.9. The van der Waals surface area contributed by atoms with Gasteiger partial charge in [-0.05, 0) is 56.7 Å². The molecule has 1 fully saturated rings. The van der Waals surface area contributed by atoms with Crippen molar-refractivity contribution in [2.75, 3.05) is 23.4 Å². The number of nitrogens with zero attached hydrogens (tertiary/aromatic N) is 1. The van der Waals surface area contributed by atoms with Gasteiger partial charge in [-0.25, -0.2) is 8.42 Å². The zero-order valence-corrected chi connectivity index (χ0v) is 18.2. The standard InChI is InChI=1S/C21H27N3O3S2/c1-14-7-8-16(20(25)22-10-9-15-5-3-2-4-6-15)11-17(14)23-21-24-18-12-29(26,27)13-19(18)28-21/h5,7-8,11,18-19H,2-4,6,9-10,12-13H2,1H3,(H,22,25)(H,23,24)/t18-,19+/m0/s1. The molecule has 0 saturated carbocycles. The molecule has 1 aliphatic carbocycles. The van der Waals surface area contributed by atoms with Crippen LogP contribution in [0.1, 0.15) is 48.0 Å². The number of aryl methyl sites for hydroxylation is 1. The lowest BCUT2D eigenvalue weighted by Gasteiger charge is -2.14. The van der Waals surface area contributed by atoms with Gasteiger partial charge in [0, 0.05) is 23.0 Å². The van der Waals surface area contributed by atoms with E-state index in [1.165, 1.54) is 30.2 Å². The molecular formula is C21H27N3O3S2. The summed E-state index contributed by atoms with van der Waals surface area (Å²) in [6, 6.07) is 5.44. The number of hydrogen-bond donors (Lipinski definition) is 2. The number of nitrogens with one attached hydrogen (secondary N) is 2. The largest absolute Gasteiger partial charge is 0.352 e. The molecule has 0 bridgehead atoms. The van der Waals surface area contributed by atoms with E-state index in [4.69, 9.17) is 0 Å². The van der Waals surface area contributed by atoms with Crippen molar-refractivity contribution in [1.82, 2.24) is 5.32 Å². The Labute approximate surface area is 176 Å². The number of carbonyl (C=O) groups is 1. The molecule has 0 unspecified atom stereocenters. The van der Waals surface area contributed by atoms with Crippen LogP contribution in [0.3, 0.4) is 0 Å². The van der Waals surface area contributed by atoms with Crippen molar-refractivity contribution in [2.24, 2.45) is 4.99 Å². The minimum absolute atomic E-state index is 0.00313. The summed E-state index contributed by atoms with van der Waals surface area (Å²) in [6.45, 7) is 2.63. The number of allylic oxidation sites excluding steroid dienone is 1. The van der Waals surface area contributed by atoms with E-state index in [0.717, 1.165) is 35.7 Å². The van der Waals surface area contributed by atoms with Crippen LogP contribution < -0.4 is 10.6 Å². The van der Waals surface area contributed by atoms with Crippen molar-refractivity contribution in [2.45, 2.75) is 50.3 Å². The Morgan fingerprint density at radius 1 is 1.28 bits per heavy atom. The monoisotopic (exact) mass is 433 g/mol. The predicted octanol–water partition coefficient (Wildman–Crippen LogP) is 3.30. The second-order valence-corrected chi connectivity index (χ2v) is 11.4. The number of amides is 1. The third-order valence-corrected chi connectivity index (χ3v) is 8.82. The number of benzene rings is 1. The molecule has 2 aliphatic heterocycles. The number of fused-ring (bicyclic) bond motifs is 1. The van der Waals surface area contributed by atoms with Gasteiger partial charge in [0.25, 0.3) is 5.91 Å².